The summed E-state index contributed by atoms with van der Waals surface area (Å²) in [5, 5.41) is 3.48. The molecular weight excluding hydrogens is 294 g/mol. The minimum absolute atomic E-state index is 0.0276. The van der Waals surface area contributed by atoms with E-state index in [1.54, 1.807) is 4.90 Å². The molecule has 1 N–H and O–H groups in total. The second-order valence-electron chi connectivity index (χ2n) is 6.06. The van der Waals surface area contributed by atoms with Gasteiger partial charge in [-0.1, -0.05) is 18.2 Å². The molecule has 2 aliphatic rings. The molecule has 0 spiro atoms. The number of hydrogen-bond acceptors (Lipinski definition) is 4. The number of ether oxygens (including phenoxy) is 1. The molecule has 0 radical (unpaired) electrons. The van der Waals surface area contributed by atoms with Crippen LogP contribution in [0.3, 0.4) is 0 Å². The van der Waals surface area contributed by atoms with Gasteiger partial charge in [-0.15, -0.1) is 0 Å². The molecule has 1 aromatic rings. The van der Waals surface area contributed by atoms with E-state index in [0.29, 0.717) is 19.7 Å². The fraction of sp³-hybridized carbons (Fsp3) is 0.529. The van der Waals surface area contributed by atoms with Gasteiger partial charge in [0.2, 0.25) is 11.8 Å². The molecule has 6 nitrogen and oxygen atoms in total. The van der Waals surface area contributed by atoms with Gasteiger partial charge in [0.1, 0.15) is 6.61 Å². The van der Waals surface area contributed by atoms with Crippen LogP contribution in [0.25, 0.3) is 0 Å². The van der Waals surface area contributed by atoms with E-state index < -0.39 is 0 Å². The molecule has 0 bridgehead atoms. The number of nitrogens with one attached hydrogen (secondary N) is 1. The minimum atomic E-state index is -0.0967. The highest BCUT2D eigenvalue weighted by Crippen LogP contribution is 2.16. The predicted molar refractivity (Wildman–Crippen MR) is 87.1 cm³/mol. The summed E-state index contributed by atoms with van der Waals surface area (Å²) < 4.78 is 5.10. The molecule has 124 valence electrons. The van der Waals surface area contributed by atoms with Crippen LogP contribution >= 0.6 is 0 Å². The summed E-state index contributed by atoms with van der Waals surface area (Å²) in [4.78, 5) is 27.7. The second kappa shape index (κ2) is 7.46. The van der Waals surface area contributed by atoms with Gasteiger partial charge < -0.3 is 19.9 Å². The monoisotopic (exact) mass is 317 g/mol. The van der Waals surface area contributed by atoms with Crippen LogP contribution in [0.15, 0.2) is 30.3 Å². The van der Waals surface area contributed by atoms with E-state index >= 15 is 0 Å². The number of nitrogens with zero attached hydrogens (tertiary/aromatic N) is 2. The van der Waals surface area contributed by atoms with E-state index in [9.17, 15) is 9.59 Å². The van der Waals surface area contributed by atoms with Crippen LogP contribution in [0.4, 0.5) is 5.69 Å². The average molecular weight is 317 g/mol. The van der Waals surface area contributed by atoms with E-state index in [2.05, 4.69) is 5.32 Å². The summed E-state index contributed by atoms with van der Waals surface area (Å²) in [7, 11) is 0. The summed E-state index contributed by atoms with van der Waals surface area (Å²) in [5.74, 6) is -0.0691. The molecule has 2 amide bonds. The van der Waals surface area contributed by atoms with Crippen LogP contribution in [-0.2, 0) is 14.3 Å². The Labute approximate surface area is 136 Å². The van der Waals surface area contributed by atoms with Crippen molar-refractivity contribution in [2.45, 2.75) is 18.9 Å². The fourth-order valence-electron chi connectivity index (χ4n) is 3.07. The molecule has 0 saturated carbocycles. The van der Waals surface area contributed by atoms with Gasteiger partial charge in [-0.3, -0.25) is 9.59 Å². The Morgan fingerprint density at radius 1 is 1.26 bits per heavy atom. The van der Waals surface area contributed by atoms with Crippen molar-refractivity contribution >= 4 is 17.5 Å². The standard InChI is InChI=1S/C17H23N3O3/c21-16(12-20-9-10-23-13-17(20)22)19-8-4-7-15(11-19)18-14-5-2-1-3-6-14/h1-3,5-6,15,18H,4,7-13H2. The number of amides is 2. The van der Waals surface area contributed by atoms with Gasteiger partial charge in [0.25, 0.3) is 0 Å². The molecule has 0 aliphatic carbocycles. The second-order valence-corrected chi connectivity index (χ2v) is 6.06. The first-order chi connectivity index (χ1) is 11.2. The molecule has 2 aliphatic heterocycles. The van der Waals surface area contributed by atoms with E-state index in [1.165, 1.54) is 0 Å². The Balaban J connectivity index is 1.53. The van der Waals surface area contributed by atoms with Crippen molar-refractivity contribution in [1.29, 1.82) is 0 Å². The largest absolute Gasteiger partial charge is 0.381 e. The summed E-state index contributed by atoms with van der Waals surface area (Å²) in [6.07, 6.45) is 2.03. The smallest absolute Gasteiger partial charge is 0.249 e. The summed E-state index contributed by atoms with van der Waals surface area (Å²) >= 11 is 0. The number of likely N-dealkylation sites (tertiary alicyclic amines) is 1. The normalized spacial score (nSPS) is 22.1. The zero-order valence-corrected chi connectivity index (χ0v) is 13.2. The van der Waals surface area contributed by atoms with Crippen LogP contribution in [-0.4, -0.2) is 67.0 Å². The molecule has 2 fully saturated rings. The maximum atomic E-state index is 12.5. The first-order valence-corrected chi connectivity index (χ1v) is 8.17. The van der Waals surface area contributed by atoms with Crippen LogP contribution in [0.5, 0.6) is 0 Å². The van der Waals surface area contributed by atoms with Crippen molar-refractivity contribution in [3.05, 3.63) is 30.3 Å². The topological polar surface area (TPSA) is 61.9 Å². The number of anilines is 1. The molecule has 0 aromatic heterocycles. The number of piperidine rings is 1. The zero-order chi connectivity index (χ0) is 16.1. The lowest BCUT2D eigenvalue weighted by Gasteiger charge is -2.35. The zero-order valence-electron chi connectivity index (χ0n) is 13.2. The number of benzene rings is 1. The molecule has 6 heteroatoms. The molecule has 1 aromatic carbocycles. The van der Waals surface area contributed by atoms with Crippen molar-refractivity contribution < 1.29 is 14.3 Å². The van der Waals surface area contributed by atoms with Crippen molar-refractivity contribution in [1.82, 2.24) is 9.80 Å². The Morgan fingerprint density at radius 2 is 2.09 bits per heavy atom. The Bertz CT molecular complexity index is 549. The summed E-state index contributed by atoms with van der Waals surface area (Å²) in [6, 6.07) is 10.3. The fourth-order valence-corrected chi connectivity index (χ4v) is 3.07. The number of carbonyl (C=O) groups excluding carboxylic acids is 2. The van der Waals surface area contributed by atoms with Gasteiger partial charge in [-0.2, -0.15) is 0 Å². The van der Waals surface area contributed by atoms with Gasteiger partial charge in [0, 0.05) is 31.4 Å². The van der Waals surface area contributed by atoms with Gasteiger partial charge in [0.05, 0.1) is 13.2 Å². The third kappa shape index (κ3) is 4.22. The van der Waals surface area contributed by atoms with Crippen molar-refractivity contribution in [2.24, 2.45) is 0 Å². The van der Waals surface area contributed by atoms with Gasteiger partial charge in [-0.25, -0.2) is 0 Å². The van der Waals surface area contributed by atoms with Gasteiger partial charge in [0.15, 0.2) is 0 Å². The number of morpholine rings is 1. The first-order valence-electron chi connectivity index (χ1n) is 8.17. The predicted octanol–water partition coefficient (Wildman–Crippen LogP) is 0.948. The number of para-hydroxylation sites is 1. The maximum absolute atomic E-state index is 12.5. The lowest BCUT2D eigenvalue weighted by Crippen LogP contribution is -2.51. The summed E-state index contributed by atoms with van der Waals surface area (Å²) in [6.45, 7) is 2.73. The maximum Gasteiger partial charge on any atom is 0.249 e. The quantitative estimate of drug-likeness (QED) is 0.898. The molecule has 2 heterocycles. The lowest BCUT2D eigenvalue weighted by atomic mass is 10.1. The Kier molecular flexibility index (Phi) is 5.12. The van der Waals surface area contributed by atoms with E-state index in [1.807, 2.05) is 35.2 Å². The molecule has 1 atom stereocenters. The van der Waals surface area contributed by atoms with Crippen molar-refractivity contribution in [2.75, 3.05) is 44.7 Å². The van der Waals surface area contributed by atoms with Crippen LogP contribution in [0.2, 0.25) is 0 Å². The van der Waals surface area contributed by atoms with E-state index in [0.717, 1.165) is 25.1 Å². The van der Waals surface area contributed by atoms with Crippen LogP contribution < -0.4 is 5.32 Å². The van der Waals surface area contributed by atoms with Gasteiger partial charge >= 0.3 is 0 Å². The minimum Gasteiger partial charge on any atom is -0.381 e. The number of rotatable bonds is 4. The third-order valence-electron chi connectivity index (χ3n) is 4.33. The highest BCUT2D eigenvalue weighted by Gasteiger charge is 2.27. The Hall–Kier alpha value is -2.08. The average Bonchev–Trinajstić information content (AvgIpc) is 2.58. The SMILES string of the molecule is O=C1COCCN1CC(=O)N1CCCC(Nc2ccccc2)C1. The van der Waals surface area contributed by atoms with Gasteiger partial charge in [-0.05, 0) is 25.0 Å². The highest BCUT2D eigenvalue weighted by atomic mass is 16.5. The lowest BCUT2D eigenvalue weighted by molar-refractivity contribution is -0.148. The molecule has 3 rings (SSSR count). The molecule has 23 heavy (non-hydrogen) atoms. The van der Waals surface area contributed by atoms with E-state index in [-0.39, 0.29) is 31.0 Å². The Morgan fingerprint density at radius 3 is 2.87 bits per heavy atom. The first kappa shape index (κ1) is 15.8. The third-order valence-corrected chi connectivity index (χ3v) is 4.33. The van der Waals surface area contributed by atoms with Crippen LogP contribution in [0.1, 0.15) is 12.8 Å². The molecule has 2 saturated heterocycles. The van der Waals surface area contributed by atoms with Crippen LogP contribution in [0, 0.1) is 0 Å². The highest BCUT2D eigenvalue weighted by molar-refractivity contribution is 5.85. The number of carbonyl (C=O) groups is 2. The molecule has 1 unspecified atom stereocenters. The molecular formula is C17H23N3O3. The van der Waals surface area contributed by atoms with E-state index in [4.69, 9.17) is 4.74 Å². The van der Waals surface area contributed by atoms with Crippen molar-refractivity contribution in [3.63, 3.8) is 0 Å². The van der Waals surface area contributed by atoms with Crippen molar-refractivity contribution in [3.8, 4) is 0 Å². The number of hydrogen-bond donors (Lipinski definition) is 1. The summed E-state index contributed by atoms with van der Waals surface area (Å²) in [5.41, 5.74) is 1.08.